The normalized spacial score (nSPS) is 9.78. The fourth-order valence-electron chi connectivity index (χ4n) is 1.99. The summed E-state index contributed by atoms with van der Waals surface area (Å²) in [5.41, 5.74) is 3.24. The molecule has 2 aromatic rings. The van der Waals surface area contributed by atoms with Crippen molar-refractivity contribution in [3.8, 4) is 6.07 Å². The van der Waals surface area contributed by atoms with Crippen molar-refractivity contribution in [1.82, 2.24) is 0 Å². The van der Waals surface area contributed by atoms with Gasteiger partial charge in [-0.25, -0.2) is 4.79 Å². The molecule has 2 aromatic carbocycles. The second-order valence-electron chi connectivity index (χ2n) is 5.14. The van der Waals surface area contributed by atoms with Gasteiger partial charge in [-0.3, -0.25) is 4.79 Å². The molecule has 0 aliphatic heterocycles. The highest BCUT2D eigenvalue weighted by Gasteiger charge is 2.11. The van der Waals surface area contributed by atoms with Gasteiger partial charge in [-0.15, -0.1) is 0 Å². The maximum Gasteiger partial charge on any atom is 0.338 e. The van der Waals surface area contributed by atoms with Crippen LogP contribution >= 0.6 is 0 Å². The summed E-state index contributed by atoms with van der Waals surface area (Å²) in [6.07, 6.45) is 0. The van der Waals surface area contributed by atoms with Crippen LogP contribution in [0.25, 0.3) is 0 Å². The second kappa shape index (κ2) is 7.23. The minimum absolute atomic E-state index is 0.239. The van der Waals surface area contributed by atoms with Crippen molar-refractivity contribution in [3.05, 3.63) is 64.7 Å². The van der Waals surface area contributed by atoms with E-state index in [2.05, 4.69) is 5.32 Å². The first-order valence-corrected chi connectivity index (χ1v) is 7.04. The first kappa shape index (κ1) is 16.2. The molecule has 23 heavy (non-hydrogen) atoms. The molecule has 5 nitrogen and oxygen atoms in total. The summed E-state index contributed by atoms with van der Waals surface area (Å²) in [5.74, 6) is -1.05. The van der Waals surface area contributed by atoms with Crippen LogP contribution in [0.2, 0.25) is 0 Å². The molecule has 0 aliphatic carbocycles. The first-order valence-electron chi connectivity index (χ1n) is 7.04. The first-order chi connectivity index (χ1) is 11.0. The molecule has 0 atom stereocenters. The zero-order valence-electron chi connectivity index (χ0n) is 12.9. The SMILES string of the molecule is Cc1ccc(C)c(NC(=O)COC(=O)c2cccc(C#N)c2)c1. The molecule has 0 saturated heterocycles. The standard InChI is InChI=1S/C18H16N2O3/c1-12-6-7-13(2)16(8-12)20-17(21)11-23-18(22)15-5-3-4-14(9-15)10-19/h3-9H,11H2,1-2H3,(H,20,21). The summed E-state index contributed by atoms with van der Waals surface area (Å²) in [6.45, 7) is 3.43. The Morgan fingerprint density at radius 2 is 1.96 bits per heavy atom. The van der Waals surface area contributed by atoms with Crippen LogP contribution in [0.1, 0.15) is 27.0 Å². The van der Waals surface area contributed by atoms with E-state index in [-0.39, 0.29) is 12.2 Å². The Kier molecular flexibility index (Phi) is 5.11. The predicted molar refractivity (Wildman–Crippen MR) is 86.0 cm³/mol. The van der Waals surface area contributed by atoms with Crippen molar-refractivity contribution in [1.29, 1.82) is 5.26 Å². The van der Waals surface area contributed by atoms with E-state index in [4.69, 9.17) is 10.00 Å². The monoisotopic (exact) mass is 308 g/mol. The fourth-order valence-corrected chi connectivity index (χ4v) is 1.99. The van der Waals surface area contributed by atoms with Crippen LogP contribution in [0, 0.1) is 25.2 Å². The summed E-state index contributed by atoms with van der Waals surface area (Å²) < 4.78 is 4.97. The molecule has 0 spiro atoms. The van der Waals surface area contributed by atoms with Crippen molar-refractivity contribution in [3.63, 3.8) is 0 Å². The van der Waals surface area contributed by atoms with Crippen molar-refractivity contribution in [2.45, 2.75) is 13.8 Å². The van der Waals surface area contributed by atoms with Gasteiger partial charge in [0, 0.05) is 5.69 Å². The number of aryl methyl sites for hydroxylation is 2. The Labute approximate surface area is 134 Å². The quantitative estimate of drug-likeness (QED) is 0.881. The van der Waals surface area contributed by atoms with Gasteiger partial charge >= 0.3 is 5.97 Å². The molecule has 0 fully saturated rings. The van der Waals surface area contributed by atoms with Gasteiger partial charge in [-0.1, -0.05) is 18.2 Å². The molecule has 2 rings (SSSR count). The van der Waals surface area contributed by atoms with Gasteiger partial charge in [-0.05, 0) is 49.2 Å². The van der Waals surface area contributed by atoms with E-state index in [1.165, 1.54) is 12.1 Å². The molecule has 0 aliphatic rings. The van der Waals surface area contributed by atoms with E-state index >= 15 is 0 Å². The van der Waals surface area contributed by atoms with Gasteiger partial charge in [0.1, 0.15) is 0 Å². The Hall–Kier alpha value is -3.13. The van der Waals surface area contributed by atoms with Crippen LogP contribution in [0.4, 0.5) is 5.69 Å². The van der Waals surface area contributed by atoms with Gasteiger partial charge in [0.15, 0.2) is 6.61 Å². The summed E-state index contributed by atoms with van der Waals surface area (Å²) >= 11 is 0. The zero-order valence-corrected chi connectivity index (χ0v) is 12.9. The summed E-state index contributed by atoms with van der Waals surface area (Å²) in [7, 11) is 0. The lowest BCUT2D eigenvalue weighted by Crippen LogP contribution is -2.21. The molecular formula is C18H16N2O3. The van der Waals surface area contributed by atoms with Crippen molar-refractivity contribution in [2.75, 3.05) is 11.9 Å². The van der Waals surface area contributed by atoms with Crippen molar-refractivity contribution >= 4 is 17.6 Å². The number of rotatable bonds is 4. The Balaban J connectivity index is 1.95. The summed E-state index contributed by atoms with van der Waals surface area (Å²) in [5, 5.41) is 11.5. The molecule has 0 bridgehead atoms. The lowest BCUT2D eigenvalue weighted by molar-refractivity contribution is -0.119. The number of nitriles is 1. The number of carbonyl (C=O) groups excluding carboxylic acids is 2. The van der Waals surface area contributed by atoms with E-state index in [9.17, 15) is 9.59 Å². The fraction of sp³-hybridized carbons (Fsp3) is 0.167. The number of carbonyl (C=O) groups is 2. The lowest BCUT2D eigenvalue weighted by Gasteiger charge is -2.10. The molecule has 5 heteroatoms. The van der Waals surface area contributed by atoms with E-state index in [0.29, 0.717) is 11.3 Å². The molecule has 0 unspecified atom stereocenters. The number of nitrogens with zero attached hydrogens (tertiary/aromatic N) is 1. The number of benzene rings is 2. The van der Waals surface area contributed by atoms with E-state index in [0.717, 1.165) is 11.1 Å². The number of anilines is 1. The predicted octanol–water partition coefficient (Wildman–Crippen LogP) is 2.97. The third-order valence-electron chi connectivity index (χ3n) is 3.23. The third kappa shape index (κ3) is 4.42. The van der Waals surface area contributed by atoms with Crippen molar-refractivity contribution in [2.24, 2.45) is 0 Å². The maximum absolute atomic E-state index is 11.9. The third-order valence-corrected chi connectivity index (χ3v) is 3.23. The highest BCUT2D eigenvalue weighted by Crippen LogP contribution is 2.16. The van der Waals surface area contributed by atoms with Gasteiger partial charge in [0.2, 0.25) is 0 Å². The van der Waals surface area contributed by atoms with E-state index < -0.39 is 11.9 Å². The smallest absolute Gasteiger partial charge is 0.338 e. The molecular weight excluding hydrogens is 292 g/mol. The average molecular weight is 308 g/mol. The van der Waals surface area contributed by atoms with Gasteiger partial charge in [-0.2, -0.15) is 5.26 Å². The Bertz CT molecular complexity index is 791. The highest BCUT2D eigenvalue weighted by molar-refractivity contribution is 5.96. The number of nitrogens with one attached hydrogen (secondary N) is 1. The summed E-state index contributed by atoms with van der Waals surface area (Å²) in [6, 6.07) is 13.8. The van der Waals surface area contributed by atoms with Gasteiger partial charge < -0.3 is 10.1 Å². The van der Waals surface area contributed by atoms with Gasteiger partial charge in [0.25, 0.3) is 5.91 Å². The Morgan fingerprint density at radius 1 is 1.17 bits per heavy atom. The van der Waals surface area contributed by atoms with Crippen LogP contribution in [-0.2, 0) is 9.53 Å². The second-order valence-corrected chi connectivity index (χ2v) is 5.14. The number of hydrogen-bond acceptors (Lipinski definition) is 4. The van der Waals surface area contributed by atoms with Crippen LogP contribution < -0.4 is 5.32 Å². The zero-order chi connectivity index (χ0) is 16.8. The highest BCUT2D eigenvalue weighted by atomic mass is 16.5. The molecule has 0 radical (unpaired) electrons. The maximum atomic E-state index is 11.9. The Morgan fingerprint density at radius 3 is 2.70 bits per heavy atom. The van der Waals surface area contributed by atoms with Crippen LogP contribution in [0.5, 0.6) is 0 Å². The van der Waals surface area contributed by atoms with Crippen LogP contribution in [0.3, 0.4) is 0 Å². The largest absolute Gasteiger partial charge is 0.452 e. The number of ether oxygens (including phenoxy) is 1. The molecule has 0 aromatic heterocycles. The topological polar surface area (TPSA) is 79.2 Å². The lowest BCUT2D eigenvalue weighted by atomic mass is 10.1. The molecule has 1 amide bonds. The van der Waals surface area contributed by atoms with E-state index in [1.807, 2.05) is 38.1 Å². The molecule has 116 valence electrons. The van der Waals surface area contributed by atoms with Crippen LogP contribution in [0.15, 0.2) is 42.5 Å². The average Bonchev–Trinajstić information content (AvgIpc) is 2.56. The minimum Gasteiger partial charge on any atom is -0.452 e. The summed E-state index contributed by atoms with van der Waals surface area (Å²) in [4.78, 5) is 23.8. The van der Waals surface area contributed by atoms with Crippen LogP contribution in [-0.4, -0.2) is 18.5 Å². The molecule has 0 saturated carbocycles. The number of amides is 1. The number of hydrogen-bond donors (Lipinski definition) is 1. The van der Waals surface area contributed by atoms with E-state index in [1.54, 1.807) is 12.1 Å². The van der Waals surface area contributed by atoms with Crippen molar-refractivity contribution < 1.29 is 14.3 Å². The van der Waals surface area contributed by atoms with Gasteiger partial charge in [0.05, 0.1) is 17.2 Å². The molecule has 0 heterocycles. The number of esters is 1. The minimum atomic E-state index is -0.641. The molecule has 1 N–H and O–H groups in total.